The van der Waals surface area contributed by atoms with E-state index in [1.165, 1.54) is 35.3 Å². The van der Waals surface area contributed by atoms with E-state index in [0.29, 0.717) is 6.04 Å². The van der Waals surface area contributed by atoms with E-state index in [1.807, 2.05) is 12.1 Å². The number of thioether (sulfide) groups is 1. The first-order chi connectivity index (χ1) is 8.83. The van der Waals surface area contributed by atoms with Crippen LogP contribution in [0.2, 0.25) is 5.02 Å². The van der Waals surface area contributed by atoms with Gasteiger partial charge in [-0.15, -0.1) is 0 Å². The fourth-order valence-corrected chi connectivity index (χ4v) is 3.74. The van der Waals surface area contributed by atoms with Crippen molar-refractivity contribution in [2.75, 3.05) is 11.5 Å². The number of aromatic amines is 1. The molecule has 0 amide bonds. The summed E-state index contributed by atoms with van der Waals surface area (Å²) in [6.07, 6.45) is 4.67. The van der Waals surface area contributed by atoms with E-state index in [2.05, 4.69) is 34.3 Å². The molecule has 4 heteroatoms. The standard InChI is InChI=1S/C14H17ClN2S/c15-11-1-2-13-10(9-17-14(13)7-11)8-16-12-3-5-18-6-4-12/h1-2,7,9,12,16-17H,3-6,8H2. The fourth-order valence-electron chi connectivity index (χ4n) is 2.46. The molecule has 1 aliphatic rings. The van der Waals surface area contributed by atoms with Crippen LogP contribution < -0.4 is 5.32 Å². The van der Waals surface area contributed by atoms with Gasteiger partial charge in [0.05, 0.1) is 0 Å². The molecule has 0 spiro atoms. The molecule has 2 heterocycles. The molecule has 1 fully saturated rings. The largest absolute Gasteiger partial charge is 0.361 e. The lowest BCUT2D eigenvalue weighted by atomic mass is 10.1. The van der Waals surface area contributed by atoms with Gasteiger partial charge in [0.2, 0.25) is 0 Å². The van der Waals surface area contributed by atoms with Crippen LogP contribution in [0.4, 0.5) is 0 Å². The zero-order valence-electron chi connectivity index (χ0n) is 10.2. The Kier molecular flexibility index (Phi) is 3.83. The first kappa shape index (κ1) is 12.4. The average molecular weight is 281 g/mol. The van der Waals surface area contributed by atoms with Gasteiger partial charge in [0, 0.05) is 34.7 Å². The molecule has 0 bridgehead atoms. The van der Waals surface area contributed by atoms with E-state index in [4.69, 9.17) is 11.6 Å². The van der Waals surface area contributed by atoms with Crippen LogP contribution in [0, 0.1) is 0 Å². The highest BCUT2D eigenvalue weighted by molar-refractivity contribution is 7.99. The van der Waals surface area contributed by atoms with Crippen molar-refractivity contribution in [1.29, 1.82) is 0 Å². The molecule has 2 aromatic rings. The molecule has 2 N–H and O–H groups in total. The topological polar surface area (TPSA) is 27.8 Å². The van der Waals surface area contributed by atoms with Crippen LogP contribution in [-0.4, -0.2) is 22.5 Å². The van der Waals surface area contributed by atoms with E-state index in [-0.39, 0.29) is 0 Å². The molecule has 0 aliphatic carbocycles. The highest BCUT2D eigenvalue weighted by Gasteiger charge is 2.13. The van der Waals surface area contributed by atoms with Gasteiger partial charge in [-0.1, -0.05) is 17.7 Å². The first-order valence-corrected chi connectivity index (χ1v) is 7.93. The summed E-state index contributed by atoms with van der Waals surface area (Å²) in [5, 5.41) is 5.72. The van der Waals surface area contributed by atoms with Gasteiger partial charge in [-0.05, 0) is 42.0 Å². The van der Waals surface area contributed by atoms with Crippen LogP contribution in [0.15, 0.2) is 24.4 Å². The zero-order valence-corrected chi connectivity index (χ0v) is 11.8. The number of halogens is 1. The molecule has 0 unspecified atom stereocenters. The normalized spacial score (nSPS) is 17.4. The number of hydrogen-bond donors (Lipinski definition) is 2. The Hall–Kier alpha value is -0.640. The molecule has 96 valence electrons. The van der Waals surface area contributed by atoms with Crippen LogP contribution in [0.5, 0.6) is 0 Å². The molecule has 0 atom stereocenters. The van der Waals surface area contributed by atoms with Crippen LogP contribution in [-0.2, 0) is 6.54 Å². The van der Waals surface area contributed by atoms with Crippen molar-refractivity contribution in [3.05, 3.63) is 35.0 Å². The SMILES string of the molecule is Clc1ccc2c(CNC3CCSCC3)c[nH]c2c1. The number of aromatic nitrogens is 1. The van der Waals surface area contributed by atoms with Gasteiger partial charge in [0.15, 0.2) is 0 Å². The Morgan fingerprint density at radius 2 is 2.17 bits per heavy atom. The van der Waals surface area contributed by atoms with Gasteiger partial charge < -0.3 is 10.3 Å². The molecule has 1 aromatic carbocycles. The second kappa shape index (κ2) is 5.55. The molecule has 1 aromatic heterocycles. The second-order valence-corrected chi connectivity index (χ2v) is 6.43. The Morgan fingerprint density at radius 1 is 1.33 bits per heavy atom. The van der Waals surface area contributed by atoms with Crippen molar-refractivity contribution >= 4 is 34.3 Å². The van der Waals surface area contributed by atoms with Crippen LogP contribution >= 0.6 is 23.4 Å². The summed E-state index contributed by atoms with van der Waals surface area (Å²) in [5.41, 5.74) is 2.46. The summed E-state index contributed by atoms with van der Waals surface area (Å²) in [6.45, 7) is 0.941. The summed E-state index contributed by atoms with van der Waals surface area (Å²) in [4.78, 5) is 3.29. The predicted molar refractivity (Wildman–Crippen MR) is 80.5 cm³/mol. The van der Waals surface area contributed by atoms with Gasteiger partial charge >= 0.3 is 0 Å². The monoisotopic (exact) mass is 280 g/mol. The highest BCUT2D eigenvalue weighted by Crippen LogP contribution is 2.23. The molecular formula is C14H17ClN2S. The second-order valence-electron chi connectivity index (χ2n) is 4.77. The minimum absolute atomic E-state index is 0.684. The van der Waals surface area contributed by atoms with E-state index in [1.54, 1.807) is 0 Å². The average Bonchev–Trinajstić information content (AvgIpc) is 2.80. The Balaban J connectivity index is 1.70. The van der Waals surface area contributed by atoms with Crippen LogP contribution in [0.3, 0.4) is 0 Å². The van der Waals surface area contributed by atoms with Crippen molar-refractivity contribution in [3.8, 4) is 0 Å². The lowest BCUT2D eigenvalue weighted by molar-refractivity contribution is 0.483. The third-order valence-electron chi connectivity index (χ3n) is 3.53. The maximum absolute atomic E-state index is 5.99. The van der Waals surface area contributed by atoms with Gasteiger partial charge in [-0.2, -0.15) is 11.8 Å². The van der Waals surface area contributed by atoms with Crippen molar-refractivity contribution < 1.29 is 0 Å². The molecular weight excluding hydrogens is 264 g/mol. The molecule has 2 nitrogen and oxygen atoms in total. The van der Waals surface area contributed by atoms with E-state index < -0.39 is 0 Å². The van der Waals surface area contributed by atoms with Gasteiger partial charge in [-0.25, -0.2) is 0 Å². The van der Waals surface area contributed by atoms with E-state index in [9.17, 15) is 0 Å². The number of benzene rings is 1. The first-order valence-electron chi connectivity index (χ1n) is 6.39. The minimum atomic E-state index is 0.684. The Morgan fingerprint density at radius 3 is 3.00 bits per heavy atom. The van der Waals surface area contributed by atoms with Crippen LogP contribution in [0.1, 0.15) is 18.4 Å². The van der Waals surface area contributed by atoms with Crippen molar-refractivity contribution in [1.82, 2.24) is 10.3 Å². The quantitative estimate of drug-likeness (QED) is 0.895. The maximum Gasteiger partial charge on any atom is 0.0472 e. The third-order valence-corrected chi connectivity index (χ3v) is 4.82. The van der Waals surface area contributed by atoms with Crippen molar-refractivity contribution in [3.63, 3.8) is 0 Å². The van der Waals surface area contributed by atoms with E-state index >= 15 is 0 Å². The fraction of sp³-hybridized carbons (Fsp3) is 0.429. The molecule has 3 rings (SSSR count). The molecule has 0 saturated carbocycles. The number of hydrogen-bond acceptors (Lipinski definition) is 2. The van der Waals surface area contributed by atoms with Crippen molar-refractivity contribution in [2.45, 2.75) is 25.4 Å². The Bertz CT molecular complexity index is 532. The lowest BCUT2D eigenvalue weighted by Gasteiger charge is -2.22. The zero-order chi connectivity index (χ0) is 12.4. The highest BCUT2D eigenvalue weighted by atomic mass is 35.5. The summed E-state index contributed by atoms with van der Waals surface area (Å²) in [7, 11) is 0. The molecule has 1 saturated heterocycles. The van der Waals surface area contributed by atoms with Gasteiger partial charge in [-0.3, -0.25) is 0 Å². The minimum Gasteiger partial charge on any atom is -0.361 e. The third kappa shape index (κ3) is 2.68. The smallest absolute Gasteiger partial charge is 0.0472 e. The number of rotatable bonds is 3. The molecule has 1 aliphatic heterocycles. The van der Waals surface area contributed by atoms with Crippen molar-refractivity contribution in [2.24, 2.45) is 0 Å². The summed E-state index contributed by atoms with van der Waals surface area (Å²) < 4.78 is 0. The summed E-state index contributed by atoms with van der Waals surface area (Å²) >= 11 is 8.05. The summed E-state index contributed by atoms with van der Waals surface area (Å²) in [5.74, 6) is 2.59. The van der Waals surface area contributed by atoms with Crippen LogP contribution in [0.25, 0.3) is 10.9 Å². The lowest BCUT2D eigenvalue weighted by Crippen LogP contribution is -2.31. The maximum atomic E-state index is 5.99. The Labute approximate surface area is 116 Å². The molecule has 0 radical (unpaired) electrons. The summed E-state index contributed by atoms with van der Waals surface area (Å²) in [6, 6.07) is 6.72. The van der Waals surface area contributed by atoms with Gasteiger partial charge in [0.25, 0.3) is 0 Å². The predicted octanol–water partition coefficient (Wildman–Crippen LogP) is 3.81. The number of H-pyrrole nitrogens is 1. The van der Waals surface area contributed by atoms with Gasteiger partial charge in [0.1, 0.15) is 0 Å². The number of fused-ring (bicyclic) bond motifs is 1. The molecule has 18 heavy (non-hydrogen) atoms. The van der Waals surface area contributed by atoms with E-state index in [0.717, 1.165) is 17.1 Å². The number of nitrogens with one attached hydrogen (secondary N) is 2.